The van der Waals surface area contributed by atoms with Crippen molar-refractivity contribution >= 4 is 45.9 Å². The Balaban J connectivity index is 1.30. The molecule has 3 aromatic rings. The molecule has 1 N–H and O–H groups in total. The average Bonchev–Trinajstić information content (AvgIpc) is 3.43. The second-order valence-electron chi connectivity index (χ2n) is 6.68. The molecule has 3 heterocycles. The normalized spacial score (nSPS) is 13.8. The summed E-state index contributed by atoms with van der Waals surface area (Å²) >= 11 is 2.84. The van der Waals surface area contributed by atoms with Gasteiger partial charge in [-0.15, -0.1) is 22.7 Å². The molecule has 1 fully saturated rings. The van der Waals surface area contributed by atoms with Crippen LogP contribution in [0.25, 0.3) is 9.88 Å². The van der Waals surface area contributed by atoms with Crippen molar-refractivity contribution in [2.45, 2.75) is 6.92 Å². The molecule has 156 valence electrons. The van der Waals surface area contributed by atoms with E-state index in [0.717, 1.165) is 41.9 Å². The van der Waals surface area contributed by atoms with Gasteiger partial charge in [0.05, 0.1) is 23.8 Å². The van der Waals surface area contributed by atoms with E-state index in [1.165, 1.54) is 11.3 Å². The lowest BCUT2D eigenvalue weighted by molar-refractivity contribution is -0.119. The Labute approximate surface area is 182 Å². The number of carbonyl (C=O) groups excluding carboxylic acids is 2. The predicted molar refractivity (Wildman–Crippen MR) is 119 cm³/mol. The molecule has 0 bridgehead atoms. The first-order chi connectivity index (χ1) is 14.6. The fourth-order valence-corrected chi connectivity index (χ4v) is 4.82. The number of aryl methyl sites for hydroxylation is 1. The number of thiophene rings is 1. The third kappa shape index (κ3) is 4.86. The lowest BCUT2D eigenvalue weighted by atomic mass is 10.2. The maximum atomic E-state index is 12.4. The Morgan fingerprint density at radius 1 is 1.20 bits per heavy atom. The number of rotatable bonds is 6. The predicted octanol–water partition coefficient (Wildman–Crippen LogP) is 3.81. The summed E-state index contributed by atoms with van der Waals surface area (Å²) in [4.78, 5) is 32.7. The topological polar surface area (TPSA) is 80.8 Å². The van der Waals surface area contributed by atoms with Crippen molar-refractivity contribution in [3.8, 4) is 9.88 Å². The Bertz CT molecular complexity index is 1010. The molecule has 9 heteroatoms. The van der Waals surface area contributed by atoms with E-state index in [1.54, 1.807) is 18.3 Å². The van der Waals surface area contributed by atoms with Crippen LogP contribution < -0.4 is 10.2 Å². The highest BCUT2D eigenvalue weighted by atomic mass is 32.1. The fourth-order valence-electron chi connectivity index (χ4n) is 3.06. The van der Waals surface area contributed by atoms with E-state index < -0.39 is 5.97 Å². The van der Waals surface area contributed by atoms with Crippen LogP contribution in [0.3, 0.4) is 0 Å². The number of carbonyl (C=O) groups is 2. The summed E-state index contributed by atoms with van der Waals surface area (Å²) in [5, 5.41) is 5.49. The van der Waals surface area contributed by atoms with Crippen molar-refractivity contribution in [3.05, 3.63) is 52.3 Å². The van der Waals surface area contributed by atoms with E-state index in [1.807, 2.05) is 41.8 Å². The zero-order valence-electron chi connectivity index (χ0n) is 16.4. The number of benzene rings is 1. The highest BCUT2D eigenvalue weighted by molar-refractivity contribution is 7.22. The summed E-state index contributed by atoms with van der Waals surface area (Å²) in [6.07, 6.45) is 0. The minimum absolute atomic E-state index is 0.351. The van der Waals surface area contributed by atoms with Crippen molar-refractivity contribution in [3.63, 3.8) is 0 Å². The van der Waals surface area contributed by atoms with Gasteiger partial charge in [0, 0.05) is 24.5 Å². The van der Waals surface area contributed by atoms with Crippen LogP contribution in [0.2, 0.25) is 0 Å². The van der Waals surface area contributed by atoms with E-state index in [4.69, 9.17) is 9.47 Å². The molecule has 0 atom stereocenters. The lowest BCUT2D eigenvalue weighted by Crippen LogP contribution is -2.36. The quantitative estimate of drug-likeness (QED) is 0.584. The van der Waals surface area contributed by atoms with Crippen molar-refractivity contribution in [2.24, 2.45) is 0 Å². The van der Waals surface area contributed by atoms with Gasteiger partial charge in [-0.1, -0.05) is 6.07 Å². The maximum Gasteiger partial charge on any atom is 0.350 e. The molecule has 1 saturated heterocycles. The van der Waals surface area contributed by atoms with Gasteiger partial charge in [-0.05, 0) is 42.6 Å². The largest absolute Gasteiger partial charge is 0.451 e. The molecule has 0 saturated carbocycles. The third-order valence-electron chi connectivity index (χ3n) is 4.58. The Kier molecular flexibility index (Phi) is 6.41. The molecular weight excluding hydrogens is 422 g/mol. The van der Waals surface area contributed by atoms with Gasteiger partial charge >= 0.3 is 5.97 Å². The summed E-state index contributed by atoms with van der Waals surface area (Å²) in [5.74, 6) is -0.922. The van der Waals surface area contributed by atoms with Crippen LogP contribution in [0.4, 0.5) is 11.4 Å². The van der Waals surface area contributed by atoms with Gasteiger partial charge < -0.3 is 19.7 Å². The number of thiazole rings is 1. The molecule has 2 aromatic heterocycles. The molecule has 0 aliphatic carbocycles. The van der Waals surface area contributed by atoms with Gasteiger partial charge in [-0.3, -0.25) is 4.79 Å². The first-order valence-electron chi connectivity index (χ1n) is 9.51. The molecule has 1 aliphatic heterocycles. The van der Waals surface area contributed by atoms with Crippen LogP contribution >= 0.6 is 22.7 Å². The summed E-state index contributed by atoms with van der Waals surface area (Å²) in [7, 11) is 0. The second-order valence-corrected chi connectivity index (χ2v) is 8.63. The number of ether oxygens (including phenoxy) is 2. The van der Waals surface area contributed by atoms with Gasteiger partial charge in [-0.2, -0.15) is 0 Å². The number of aromatic nitrogens is 1. The number of nitrogens with zero attached hydrogens (tertiary/aromatic N) is 2. The summed E-state index contributed by atoms with van der Waals surface area (Å²) in [6.45, 7) is 4.56. The zero-order chi connectivity index (χ0) is 20.9. The Morgan fingerprint density at radius 3 is 2.67 bits per heavy atom. The molecule has 0 unspecified atom stereocenters. The van der Waals surface area contributed by atoms with E-state index in [0.29, 0.717) is 16.3 Å². The van der Waals surface area contributed by atoms with Crippen LogP contribution in [-0.2, 0) is 14.3 Å². The standard InChI is InChI=1S/C21H21N3O4S2/c1-14-19(30-20(22-14)17-3-2-12-29-17)21(26)28-13-18(25)23-15-4-6-16(7-5-15)24-8-10-27-11-9-24/h2-7,12H,8-11,13H2,1H3,(H,23,25). The first-order valence-corrected chi connectivity index (χ1v) is 11.2. The van der Waals surface area contributed by atoms with Crippen molar-refractivity contribution in [2.75, 3.05) is 43.1 Å². The number of amides is 1. The van der Waals surface area contributed by atoms with Crippen LogP contribution in [0.1, 0.15) is 15.4 Å². The Morgan fingerprint density at radius 2 is 1.97 bits per heavy atom. The van der Waals surface area contributed by atoms with E-state index in [-0.39, 0.29) is 12.5 Å². The van der Waals surface area contributed by atoms with Crippen molar-refractivity contribution in [1.29, 1.82) is 0 Å². The molecule has 7 nitrogen and oxygen atoms in total. The molecule has 1 aromatic carbocycles. The molecule has 1 aliphatic rings. The van der Waals surface area contributed by atoms with Crippen molar-refractivity contribution < 1.29 is 19.1 Å². The number of anilines is 2. The fraction of sp³-hybridized carbons (Fsp3) is 0.286. The van der Waals surface area contributed by atoms with Gasteiger partial charge in [-0.25, -0.2) is 9.78 Å². The van der Waals surface area contributed by atoms with Crippen LogP contribution in [0.5, 0.6) is 0 Å². The minimum atomic E-state index is -0.536. The van der Waals surface area contributed by atoms with Crippen LogP contribution in [-0.4, -0.2) is 49.8 Å². The zero-order valence-corrected chi connectivity index (χ0v) is 18.1. The number of hydrogen-bond donors (Lipinski definition) is 1. The smallest absolute Gasteiger partial charge is 0.350 e. The first kappa shape index (κ1) is 20.5. The van der Waals surface area contributed by atoms with E-state index >= 15 is 0 Å². The molecule has 4 rings (SSSR count). The third-order valence-corrected chi connectivity index (χ3v) is 6.75. The molecule has 1 amide bonds. The summed E-state index contributed by atoms with van der Waals surface area (Å²) in [5.41, 5.74) is 2.35. The van der Waals surface area contributed by atoms with E-state index in [9.17, 15) is 9.59 Å². The number of morpholine rings is 1. The monoisotopic (exact) mass is 443 g/mol. The molecule has 0 spiro atoms. The van der Waals surface area contributed by atoms with Gasteiger partial charge in [0.2, 0.25) is 0 Å². The minimum Gasteiger partial charge on any atom is -0.451 e. The maximum absolute atomic E-state index is 12.4. The van der Waals surface area contributed by atoms with Gasteiger partial charge in [0.15, 0.2) is 6.61 Å². The van der Waals surface area contributed by atoms with Gasteiger partial charge in [0.1, 0.15) is 9.88 Å². The van der Waals surface area contributed by atoms with Crippen molar-refractivity contribution in [1.82, 2.24) is 4.98 Å². The number of hydrogen-bond acceptors (Lipinski definition) is 8. The van der Waals surface area contributed by atoms with Crippen LogP contribution in [0.15, 0.2) is 41.8 Å². The summed E-state index contributed by atoms with van der Waals surface area (Å²) in [6, 6.07) is 11.5. The number of nitrogens with one attached hydrogen (secondary N) is 1. The van der Waals surface area contributed by atoms with E-state index in [2.05, 4.69) is 15.2 Å². The molecular formula is C21H21N3O4S2. The summed E-state index contributed by atoms with van der Waals surface area (Å²) < 4.78 is 10.6. The SMILES string of the molecule is Cc1nc(-c2cccs2)sc1C(=O)OCC(=O)Nc1ccc(N2CCOCC2)cc1. The lowest BCUT2D eigenvalue weighted by Gasteiger charge is -2.28. The van der Waals surface area contributed by atoms with Crippen LogP contribution in [0, 0.1) is 6.92 Å². The van der Waals surface area contributed by atoms with Gasteiger partial charge in [0.25, 0.3) is 5.91 Å². The second kappa shape index (κ2) is 9.38. The highest BCUT2D eigenvalue weighted by Crippen LogP contribution is 2.31. The molecule has 30 heavy (non-hydrogen) atoms. The number of esters is 1. The highest BCUT2D eigenvalue weighted by Gasteiger charge is 2.19. The average molecular weight is 444 g/mol. The molecule has 0 radical (unpaired) electrons. The Hall–Kier alpha value is -2.75.